The maximum Gasteiger partial charge on any atom is 0.227 e. The average Bonchev–Trinajstić information content (AvgIpc) is 2.67. The van der Waals surface area contributed by atoms with Gasteiger partial charge in [-0.3, -0.25) is 4.79 Å². The molecule has 98 valence electrons. The van der Waals surface area contributed by atoms with E-state index in [0.29, 0.717) is 18.5 Å². The number of hydrogen-bond acceptors (Lipinski definition) is 3. The van der Waals surface area contributed by atoms with Gasteiger partial charge >= 0.3 is 0 Å². The summed E-state index contributed by atoms with van der Waals surface area (Å²) in [6.07, 6.45) is 4.35. The molecule has 1 saturated carbocycles. The van der Waals surface area contributed by atoms with E-state index in [1.807, 2.05) is 0 Å². The second kappa shape index (κ2) is 4.94. The van der Waals surface area contributed by atoms with Crippen molar-refractivity contribution in [1.82, 2.24) is 10.2 Å². The number of likely N-dealkylation sites (tertiary alicyclic amines) is 1. The van der Waals surface area contributed by atoms with Crippen molar-refractivity contribution in [3.8, 4) is 0 Å². The molecule has 4 nitrogen and oxygen atoms in total. The van der Waals surface area contributed by atoms with Crippen LogP contribution < -0.4 is 11.1 Å². The van der Waals surface area contributed by atoms with Crippen LogP contribution in [-0.4, -0.2) is 43.5 Å². The second-order valence-corrected chi connectivity index (χ2v) is 5.98. The van der Waals surface area contributed by atoms with Gasteiger partial charge in [0.05, 0.1) is 5.41 Å². The van der Waals surface area contributed by atoms with Crippen LogP contribution in [0.3, 0.4) is 0 Å². The summed E-state index contributed by atoms with van der Waals surface area (Å²) >= 11 is 0. The van der Waals surface area contributed by atoms with Gasteiger partial charge in [-0.05, 0) is 45.2 Å². The molecule has 2 rings (SSSR count). The molecule has 0 bridgehead atoms. The third-order valence-corrected chi connectivity index (χ3v) is 4.52. The molecule has 4 heteroatoms. The highest BCUT2D eigenvalue weighted by Crippen LogP contribution is 2.44. The highest BCUT2D eigenvalue weighted by atomic mass is 16.2. The van der Waals surface area contributed by atoms with Gasteiger partial charge in [0.15, 0.2) is 0 Å². The lowest BCUT2D eigenvalue weighted by molar-refractivity contribution is -0.138. The maximum absolute atomic E-state index is 12.2. The van der Waals surface area contributed by atoms with Crippen molar-refractivity contribution >= 4 is 5.91 Å². The Hall–Kier alpha value is -0.610. The molecule has 17 heavy (non-hydrogen) atoms. The number of rotatable bonds is 4. The molecule has 0 radical (unpaired) electrons. The zero-order chi connectivity index (χ0) is 12.5. The fourth-order valence-electron chi connectivity index (χ4n) is 3.35. The summed E-state index contributed by atoms with van der Waals surface area (Å²) in [4.78, 5) is 14.5. The van der Waals surface area contributed by atoms with Crippen molar-refractivity contribution in [2.75, 3.05) is 26.7 Å². The van der Waals surface area contributed by atoms with Crippen LogP contribution in [0.15, 0.2) is 0 Å². The van der Waals surface area contributed by atoms with E-state index in [-0.39, 0.29) is 11.3 Å². The molecule has 2 fully saturated rings. The molecule has 0 aromatic rings. The molecular weight excluding hydrogens is 214 g/mol. The third kappa shape index (κ3) is 2.47. The third-order valence-electron chi connectivity index (χ3n) is 4.52. The van der Waals surface area contributed by atoms with Gasteiger partial charge in [-0.2, -0.15) is 0 Å². The van der Waals surface area contributed by atoms with E-state index in [0.717, 1.165) is 25.9 Å². The Kier molecular flexibility index (Phi) is 3.73. The molecule has 1 aliphatic carbocycles. The zero-order valence-electron chi connectivity index (χ0n) is 11.0. The normalized spacial score (nSPS) is 37.8. The molecule has 3 N–H and O–H groups in total. The number of carbonyl (C=O) groups excluding carboxylic acids is 1. The summed E-state index contributed by atoms with van der Waals surface area (Å²) in [5.74, 6) is 0.830. The molecule has 2 aliphatic rings. The summed E-state index contributed by atoms with van der Waals surface area (Å²) < 4.78 is 0. The van der Waals surface area contributed by atoms with Crippen LogP contribution in [0.4, 0.5) is 0 Å². The van der Waals surface area contributed by atoms with Crippen LogP contribution in [0.25, 0.3) is 0 Å². The lowest BCUT2D eigenvalue weighted by Crippen LogP contribution is -2.54. The van der Waals surface area contributed by atoms with Gasteiger partial charge in [0.1, 0.15) is 0 Å². The Balaban J connectivity index is 1.80. The van der Waals surface area contributed by atoms with E-state index in [4.69, 9.17) is 5.73 Å². The van der Waals surface area contributed by atoms with Gasteiger partial charge in [0.25, 0.3) is 0 Å². The Morgan fingerprint density at radius 1 is 1.53 bits per heavy atom. The van der Waals surface area contributed by atoms with Crippen molar-refractivity contribution in [3.63, 3.8) is 0 Å². The predicted molar refractivity (Wildman–Crippen MR) is 68.5 cm³/mol. The number of nitrogens with zero attached hydrogens (tertiary/aromatic N) is 1. The molecule has 1 unspecified atom stereocenters. The predicted octanol–water partition coefficient (Wildman–Crippen LogP) is 0.572. The van der Waals surface area contributed by atoms with E-state index in [9.17, 15) is 4.79 Å². The van der Waals surface area contributed by atoms with E-state index in [2.05, 4.69) is 24.2 Å². The molecule has 0 spiro atoms. The standard InChI is InChI=1S/C13H25N3O/c1-10-6-13(7-10,9-14)12(17)15-8-11-4-3-5-16(11)2/h10-11H,3-9,14H2,1-2H3,(H,15,17). The smallest absolute Gasteiger partial charge is 0.227 e. The second-order valence-electron chi connectivity index (χ2n) is 5.98. The van der Waals surface area contributed by atoms with Crippen LogP contribution in [0.1, 0.15) is 32.6 Å². The van der Waals surface area contributed by atoms with Gasteiger partial charge in [0.2, 0.25) is 5.91 Å². The van der Waals surface area contributed by atoms with Crippen molar-refractivity contribution in [1.29, 1.82) is 0 Å². The fraction of sp³-hybridized carbons (Fsp3) is 0.923. The first-order valence-electron chi connectivity index (χ1n) is 6.76. The summed E-state index contributed by atoms with van der Waals surface area (Å²) in [6.45, 7) is 4.61. The largest absolute Gasteiger partial charge is 0.354 e. The lowest BCUT2D eigenvalue weighted by Gasteiger charge is -2.44. The zero-order valence-corrected chi connectivity index (χ0v) is 11.0. The number of hydrogen-bond donors (Lipinski definition) is 2. The van der Waals surface area contributed by atoms with Crippen LogP contribution in [0.5, 0.6) is 0 Å². The molecular formula is C13H25N3O. The molecule has 0 aromatic heterocycles. The van der Waals surface area contributed by atoms with E-state index < -0.39 is 0 Å². The van der Waals surface area contributed by atoms with Crippen LogP contribution >= 0.6 is 0 Å². The van der Waals surface area contributed by atoms with Crippen molar-refractivity contribution in [2.45, 2.75) is 38.6 Å². The van der Waals surface area contributed by atoms with Gasteiger partial charge in [0, 0.05) is 19.1 Å². The quantitative estimate of drug-likeness (QED) is 0.754. The van der Waals surface area contributed by atoms with E-state index >= 15 is 0 Å². The van der Waals surface area contributed by atoms with Gasteiger partial charge in [-0.25, -0.2) is 0 Å². The molecule has 0 aromatic carbocycles. The Bertz CT molecular complexity index is 286. The first kappa shape index (κ1) is 12.8. The van der Waals surface area contributed by atoms with Crippen molar-refractivity contribution in [2.24, 2.45) is 17.1 Å². The monoisotopic (exact) mass is 239 g/mol. The SMILES string of the molecule is CC1CC(CN)(C(=O)NCC2CCCN2C)C1. The molecule has 1 saturated heterocycles. The number of nitrogens with one attached hydrogen (secondary N) is 1. The number of amides is 1. The van der Waals surface area contributed by atoms with Gasteiger partial charge in [-0.1, -0.05) is 6.92 Å². The van der Waals surface area contributed by atoms with Crippen LogP contribution in [0.2, 0.25) is 0 Å². The summed E-state index contributed by atoms with van der Waals surface area (Å²) in [5, 5.41) is 3.11. The number of nitrogens with two attached hydrogens (primary N) is 1. The van der Waals surface area contributed by atoms with Gasteiger partial charge < -0.3 is 16.0 Å². The Labute approximate surface area is 104 Å². The Morgan fingerprint density at radius 3 is 2.71 bits per heavy atom. The number of carbonyl (C=O) groups is 1. The summed E-state index contributed by atoms with van der Waals surface area (Å²) in [6, 6.07) is 0.520. The van der Waals surface area contributed by atoms with Crippen LogP contribution in [0, 0.1) is 11.3 Å². The van der Waals surface area contributed by atoms with Crippen LogP contribution in [-0.2, 0) is 4.79 Å². The first-order chi connectivity index (χ1) is 8.07. The molecule has 1 amide bonds. The lowest BCUT2D eigenvalue weighted by atomic mass is 9.62. The highest BCUT2D eigenvalue weighted by molar-refractivity contribution is 5.84. The van der Waals surface area contributed by atoms with Crippen molar-refractivity contribution in [3.05, 3.63) is 0 Å². The summed E-state index contributed by atoms with van der Waals surface area (Å²) in [5.41, 5.74) is 5.52. The highest BCUT2D eigenvalue weighted by Gasteiger charge is 2.47. The van der Waals surface area contributed by atoms with Crippen molar-refractivity contribution < 1.29 is 4.79 Å². The molecule has 1 aliphatic heterocycles. The first-order valence-corrected chi connectivity index (χ1v) is 6.76. The number of likely N-dealkylation sites (N-methyl/N-ethyl adjacent to an activating group) is 1. The van der Waals surface area contributed by atoms with Gasteiger partial charge in [-0.15, -0.1) is 0 Å². The maximum atomic E-state index is 12.2. The average molecular weight is 239 g/mol. The topological polar surface area (TPSA) is 58.4 Å². The summed E-state index contributed by atoms with van der Waals surface area (Å²) in [7, 11) is 2.13. The Morgan fingerprint density at radius 2 is 2.24 bits per heavy atom. The minimum Gasteiger partial charge on any atom is -0.354 e. The molecule has 1 heterocycles. The van der Waals surface area contributed by atoms with E-state index in [1.54, 1.807) is 0 Å². The van der Waals surface area contributed by atoms with E-state index in [1.165, 1.54) is 12.8 Å². The minimum absolute atomic E-state index is 0.179. The fourth-order valence-corrected chi connectivity index (χ4v) is 3.35. The minimum atomic E-state index is -0.253. The molecule has 1 atom stereocenters.